The van der Waals surface area contributed by atoms with E-state index in [1.54, 1.807) is 26.2 Å². The molecule has 2 amide bonds. The Hall–Kier alpha value is -3.22. The Labute approximate surface area is 176 Å². The molecule has 0 aromatic heterocycles. The van der Waals surface area contributed by atoms with Crippen LogP contribution < -0.4 is 24.4 Å². The highest BCUT2D eigenvalue weighted by atomic mass is 16.5. The van der Waals surface area contributed by atoms with Crippen molar-refractivity contribution in [2.75, 3.05) is 32.8 Å². The summed E-state index contributed by atoms with van der Waals surface area (Å²) in [6, 6.07) is 11.0. The smallest absolute Gasteiger partial charge is 0.227 e. The number of ether oxygens (including phenoxy) is 3. The van der Waals surface area contributed by atoms with E-state index in [1.165, 1.54) is 0 Å². The number of nitrogens with zero attached hydrogens (tertiary/aromatic N) is 1. The molecule has 7 nitrogen and oxygen atoms in total. The van der Waals surface area contributed by atoms with Crippen molar-refractivity contribution >= 4 is 17.5 Å². The van der Waals surface area contributed by atoms with Crippen molar-refractivity contribution in [3.63, 3.8) is 0 Å². The van der Waals surface area contributed by atoms with Gasteiger partial charge in [0.25, 0.3) is 0 Å². The zero-order valence-electron chi connectivity index (χ0n) is 18.0. The van der Waals surface area contributed by atoms with Crippen molar-refractivity contribution in [2.45, 2.75) is 26.3 Å². The molecule has 7 heteroatoms. The molecule has 160 valence electrons. The summed E-state index contributed by atoms with van der Waals surface area (Å²) in [5.74, 6) is 1.19. The van der Waals surface area contributed by atoms with Crippen LogP contribution in [-0.4, -0.2) is 39.7 Å². The normalized spacial score (nSPS) is 16.9. The Morgan fingerprint density at radius 3 is 2.37 bits per heavy atom. The number of rotatable bonds is 7. The third kappa shape index (κ3) is 4.35. The second kappa shape index (κ2) is 9.07. The SMILES string of the molecule is COc1ccc(C(C)NC(=O)C2CC(=O)N(c3cc(C)ccc3OC)C2)cc1OC. The average molecular weight is 412 g/mol. The van der Waals surface area contributed by atoms with E-state index in [0.717, 1.165) is 11.1 Å². The van der Waals surface area contributed by atoms with Gasteiger partial charge in [-0.1, -0.05) is 12.1 Å². The van der Waals surface area contributed by atoms with Gasteiger partial charge < -0.3 is 24.4 Å². The minimum absolute atomic E-state index is 0.0854. The van der Waals surface area contributed by atoms with Crippen molar-refractivity contribution in [3.05, 3.63) is 47.5 Å². The number of carbonyl (C=O) groups is 2. The lowest BCUT2D eigenvalue weighted by Crippen LogP contribution is -2.34. The Morgan fingerprint density at radius 1 is 1.03 bits per heavy atom. The number of amides is 2. The van der Waals surface area contributed by atoms with E-state index in [4.69, 9.17) is 14.2 Å². The van der Waals surface area contributed by atoms with E-state index in [2.05, 4.69) is 5.32 Å². The molecule has 0 bridgehead atoms. The quantitative estimate of drug-likeness (QED) is 0.755. The fraction of sp³-hybridized carbons (Fsp3) is 0.391. The minimum Gasteiger partial charge on any atom is -0.495 e. The van der Waals surface area contributed by atoms with Crippen LogP contribution in [-0.2, 0) is 9.59 Å². The first-order valence-electron chi connectivity index (χ1n) is 9.85. The van der Waals surface area contributed by atoms with Crippen LogP contribution in [0.15, 0.2) is 36.4 Å². The van der Waals surface area contributed by atoms with Crippen molar-refractivity contribution in [2.24, 2.45) is 5.92 Å². The lowest BCUT2D eigenvalue weighted by atomic mass is 10.0. The molecule has 1 heterocycles. The number of hydrogen-bond donors (Lipinski definition) is 1. The highest BCUT2D eigenvalue weighted by Gasteiger charge is 2.36. The van der Waals surface area contributed by atoms with Crippen LogP contribution in [0.5, 0.6) is 17.2 Å². The van der Waals surface area contributed by atoms with Gasteiger partial charge in [-0.05, 0) is 49.2 Å². The third-order valence-electron chi connectivity index (χ3n) is 5.39. The van der Waals surface area contributed by atoms with Crippen LogP contribution >= 0.6 is 0 Å². The molecule has 0 saturated carbocycles. The van der Waals surface area contributed by atoms with Crippen LogP contribution in [0.3, 0.4) is 0 Å². The fourth-order valence-corrected chi connectivity index (χ4v) is 3.66. The highest BCUT2D eigenvalue weighted by molar-refractivity contribution is 6.01. The second-order valence-electron chi connectivity index (χ2n) is 7.43. The van der Waals surface area contributed by atoms with Crippen LogP contribution in [0.4, 0.5) is 5.69 Å². The standard InChI is InChI=1S/C23H28N2O5/c1-14-6-8-19(28-3)18(10-14)25-13-17(12-22(25)26)23(27)24-15(2)16-7-9-20(29-4)21(11-16)30-5/h6-11,15,17H,12-13H2,1-5H3,(H,24,27). The molecular formula is C23H28N2O5. The van der Waals surface area contributed by atoms with Gasteiger partial charge in [-0.3, -0.25) is 9.59 Å². The topological polar surface area (TPSA) is 77.1 Å². The second-order valence-corrected chi connectivity index (χ2v) is 7.43. The van der Waals surface area contributed by atoms with Gasteiger partial charge in [0.15, 0.2) is 11.5 Å². The van der Waals surface area contributed by atoms with Crippen molar-refractivity contribution in [1.29, 1.82) is 0 Å². The summed E-state index contributed by atoms with van der Waals surface area (Å²) in [5.41, 5.74) is 2.61. The Morgan fingerprint density at radius 2 is 1.70 bits per heavy atom. The molecule has 2 atom stereocenters. The van der Waals surface area contributed by atoms with Gasteiger partial charge >= 0.3 is 0 Å². The summed E-state index contributed by atoms with van der Waals surface area (Å²) in [6.07, 6.45) is 0.168. The first-order chi connectivity index (χ1) is 14.4. The molecule has 30 heavy (non-hydrogen) atoms. The maximum Gasteiger partial charge on any atom is 0.227 e. The van der Waals surface area contributed by atoms with Crippen LogP contribution in [0.2, 0.25) is 0 Å². The molecular weight excluding hydrogens is 384 g/mol. The van der Waals surface area contributed by atoms with Crippen LogP contribution in [0, 0.1) is 12.8 Å². The first-order valence-corrected chi connectivity index (χ1v) is 9.85. The average Bonchev–Trinajstić information content (AvgIpc) is 3.14. The van der Waals surface area contributed by atoms with Gasteiger partial charge in [0.2, 0.25) is 11.8 Å². The van der Waals surface area contributed by atoms with E-state index in [1.807, 2.05) is 50.2 Å². The van der Waals surface area contributed by atoms with Gasteiger partial charge in [-0.25, -0.2) is 0 Å². The third-order valence-corrected chi connectivity index (χ3v) is 5.39. The van der Waals surface area contributed by atoms with Crippen LogP contribution in [0.25, 0.3) is 0 Å². The number of hydrogen-bond acceptors (Lipinski definition) is 5. The molecule has 3 rings (SSSR count). The molecule has 0 aliphatic carbocycles. The van der Waals surface area contributed by atoms with Gasteiger partial charge in [-0.15, -0.1) is 0 Å². The molecule has 1 aliphatic heterocycles. The number of anilines is 1. The molecule has 1 fully saturated rings. The summed E-state index contributed by atoms with van der Waals surface area (Å²) >= 11 is 0. The van der Waals surface area contributed by atoms with Gasteiger partial charge in [0.1, 0.15) is 5.75 Å². The molecule has 1 aliphatic rings. The molecule has 0 radical (unpaired) electrons. The molecule has 1 N–H and O–H groups in total. The summed E-state index contributed by atoms with van der Waals surface area (Å²) < 4.78 is 16.0. The maximum absolute atomic E-state index is 12.9. The fourth-order valence-electron chi connectivity index (χ4n) is 3.66. The van der Waals surface area contributed by atoms with Crippen LogP contribution in [0.1, 0.15) is 30.5 Å². The van der Waals surface area contributed by atoms with E-state index < -0.39 is 5.92 Å². The van der Waals surface area contributed by atoms with E-state index in [9.17, 15) is 9.59 Å². The van der Waals surface area contributed by atoms with Crippen molar-refractivity contribution < 1.29 is 23.8 Å². The Bertz CT molecular complexity index is 943. The number of benzene rings is 2. The largest absolute Gasteiger partial charge is 0.495 e. The van der Waals surface area contributed by atoms with E-state index in [0.29, 0.717) is 29.5 Å². The Kier molecular flexibility index (Phi) is 6.50. The monoisotopic (exact) mass is 412 g/mol. The molecule has 2 aromatic rings. The number of carbonyl (C=O) groups excluding carboxylic acids is 2. The van der Waals surface area contributed by atoms with Crippen molar-refractivity contribution in [3.8, 4) is 17.2 Å². The summed E-state index contributed by atoms with van der Waals surface area (Å²) in [4.78, 5) is 27.1. The first kappa shape index (κ1) is 21.5. The lowest BCUT2D eigenvalue weighted by molar-refractivity contribution is -0.126. The zero-order chi connectivity index (χ0) is 21.8. The van der Waals surface area contributed by atoms with E-state index in [-0.39, 0.29) is 24.3 Å². The number of aryl methyl sites for hydroxylation is 1. The Balaban J connectivity index is 1.71. The summed E-state index contributed by atoms with van der Waals surface area (Å²) in [7, 11) is 4.72. The number of nitrogens with one attached hydrogen (secondary N) is 1. The summed E-state index contributed by atoms with van der Waals surface area (Å²) in [5, 5.41) is 3.01. The van der Waals surface area contributed by atoms with Gasteiger partial charge in [-0.2, -0.15) is 0 Å². The zero-order valence-corrected chi connectivity index (χ0v) is 18.0. The molecule has 1 saturated heterocycles. The van der Waals surface area contributed by atoms with Gasteiger partial charge in [0.05, 0.1) is 39.0 Å². The molecule has 2 aromatic carbocycles. The summed E-state index contributed by atoms with van der Waals surface area (Å²) in [6.45, 7) is 4.18. The molecule has 2 unspecified atom stereocenters. The van der Waals surface area contributed by atoms with Crippen molar-refractivity contribution in [1.82, 2.24) is 5.32 Å². The lowest BCUT2D eigenvalue weighted by Gasteiger charge is -2.21. The predicted molar refractivity (Wildman–Crippen MR) is 114 cm³/mol. The van der Waals surface area contributed by atoms with Gasteiger partial charge in [0, 0.05) is 13.0 Å². The number of methoxy groups -OCH3 is 3. The molecule has 0 spiro atoms. The minimum atomic E-state index is -0.426. The predicted octanol–water partition coefficient (Wildman–Crippen LogP) is 3.25. The maximum atomic E-state index is 12.9. The van der Waals surface area contributed by atoms with E-state index >= 15 is 0 Å². The highest BCUT2D eigenvalue weighted by Crippen LogP contribution is 2.34.